The fraction of sp³-hybridized carbons (Fsp3) is 0.214. The number of aliphatic hydroxyl groups is 1. The maximum absolute atomic E-state index is 12.1. The predicted molar refractivity (Wildman–Crippen MR) is 85.3 cm³/mol. The van der Waals surface area contributed by atoms with Crippen molar-refractivity contribution in [1.82, 2.24) is 4.98 Å². The summed E-state index contributed by atoms with van der Waals surface area (Å²) in [6, 6.07) is 8.49. The molecule has 0 bridgehead atoms. The molecule has 0 saturated carbocycles. The highest BCUT2D eigenvalue weighted by molar-refractivity contribution is 9.10. The Morgan fingerprint density at radius 2 is 2.00 bits per heavy atom. The molecule has 2 rings (SSSR count). The minimum atomic E-state index is -3.55. The fourth-order valence-corrected chi connectivity index (χ4v) is 3.17. The summed E-state index contributed by atoms with van der Waals surface area (Å²) in [5.74, 6) is 0.117. The lowest BCUT2D eigenvalue weighted by atomic mass is 10.1. The second-order valence-electron chi connectivity index (χ2n) is 4.66. The molecule has 112 valence electrons. The fourth-order valence-electron chi connectivity index (χ4n) is 1.83. The summed E-state index contributed by atoms with van der Waals surface area (Å²) in [6.45, 7) is 1.74. The molecule has 0 unspecified atom stereocenters. The monoisotopic (exact) mass is 370 g/mol. The maximum Gasteiger partial charge on any atom is 0.238 e. The van der Waals surface area contributed by atoms with Crippen molar-refractivity contribution in [3.63, 3.8) is 0 Å². The third kappa shape index (κ3) is 4.52. The maximum atomic E-state index is 12.1. The van der Waals surface area contributed by atoms with E-state index in [0.29, 0.717) is 11.1 Å². The van der Waals surface area contributed by atoms with E-state index in [1.807, 2.05) is 6.92 Å². The van der Waals surface area contributed by atoms with Crippen molar-refractivity contribution in [2.45, 2.75) is 19.3 Å². The number of benzene rings is 1. The van der Waals surface area contributed by atoms with E-state index in [1.54, 1.807) is 36.5 Å². The third-order valence-corrected chi connectivity index (χ3v) is 4.90. The van der Waals surface area contributed by atoms with Gasteiger partial charge in [0.15, 0.2) is 0 Å². The smallest absolute Gasteiger partial charge is 0.238 e. The number of hydrogen-bond donors (Lipinski definition) is 2. The van der Waals surface area contributed by atoms with Crippen LogP contribution in [0.25, 0.3) is 0 Å². The standard InChI is InChI=1S/C14H15BrN2O3S/c1-10-5-14(16-7-13(10)15)17-21(19,20)9-12-4-2-3-11(6-12)8-18/h2-7,18H,8-9H2,1H3,(H,16,17). The predicted octanol–water partition coefficient (Wildman–Crippen LogP) is 2.59. The number of nitrogens with zero attached hydrogens (tertiary/aromatic N) is 1. The molecule has 1 heterocycles. The molecule has 1 aromatic carbocycles. The molecule has 21 heavy (non-hydrogen) atoms. The van der Waals surface area contributed by atoms with Crippen molar-refractivity contribution in [2.75, 3.05) is 4.72 Å². The number of rotatable bonds is 5. The van der Waals surface area contributed by atoms with Gasteiger partial charge in [0.1, 0.15) is 5.82 Å². The summed E-state index contributed by atoms with van der Waals surface area (Å²) in [6.07, 6.45) is 1.56. The van der Waals surface area contributed by atoms with Gasteiger partial charge in [-0.05, 0) is 45.6 Å². The molecular formula is C14H15BrN2O3S. The number of halogens is 1. The molecule has 7 heteroatoms. The van der Waals surface area contributed by atoms with Gasteiger partial charge in [-0.3, -0.25) is 4.72 Å². The van der Waals surface area contributed by atoms with Gasteiger partial charge < -0.3 is 5.11 Å². The summed E-state index contributed by atoms with van der Waals surface area (Å²) in [7, 11) is -3.55. The normalized spacial score (nSPS) is 11.4. The minimum Gasteiger partial charge on any atom is -0.392 e. The highest BCUT2D eigenvalue weighted by Crippen LogP contribution is 2.19. The van der Waals surface area contributed by atoms with Crippen LogP contribution in [-0.2, 0) is 22.4 Å². The number of aromatic nitrogens is 1. The lowest BCUT2D eigenvalue weighted by Crippen LogP contribution is -2.16. The van der Waals surface area contributed by atoms with E-state index in [-0.39, 0.29) is 18.2 Å². The van der Waals surface area contributed by atoms with Crippen LogP contribution in [0, 0.1) is 6.92 Å². The zero-order valence-corrected chi connectivity index (χ0v) is 13.8. The van der Waals surface area contributed by atoms with E-state index in [4.69, 9.17) is 5.11 Å². The molecule has 0 aliphatic carbocycles. The van der Waals surface area contributed by atoms with Crippen molar-refractivity contribution in [3.05, 3.63) is 57.7 Å². The highest BCUT2D eigenvalue weighted by Gasteiger charge is 2.13. The number of anilines is 1. The first kappa shape index (κ1) is 15.9. The van der Waals surface area contributed by atoms with Gasteiger partial charge in [0.2, 0.25) is 10.0 Å². The van der Waals surface area contributed by atoms with Gasteiger partial charge in [-0.25, -0.2) is 13.4 Å². The molecule has 2 aromatic rings. The first-order chi connectivity index (χ1) is 9.89. The molecule has 1 aromatic heterocycles. The first-order valence-electron chi connectivity index (χ1n) is 6.21. The van der Waals surface area contributed by atoms with Gasteiger partial charge in [0.05, 0.1) is 12.4 Å². The molecule has 0 aliphatic heterocycles. The van der Waals surface area contributed by atoms with Crippen LogP contribution in [0.3, 0.4) is 0 Å². The molecule has 0 amide bonds. The Bertz CT molecular complexity index is 748. The molecular weight excluding hydrogens is 356 g/mol. The highest BCUT2D eigenvalue weighted by atomic mass is 79.9. The van der Waals surface area contributed by atoms with Crippen LogP contribution in [-0.4, -0.2) is 18.5 Å². The van der Waals surface area contributed by atoms with Crippen LogP contribution >= 0.6 is 15.9 Å². The Hall–Kier alpha value is -1.44. The second kappa shape index (κ2) is 6.55. The third-order valence-electron chi connectivity index (χ3n) is 2.84. The number of aryl methyl sites for hydroxylation is 1. The van der Waals surface area contributed by atoms with Crippen LogP contribution < -0.4 is 4.72 Å². The molecule has 0 spiro atoms. The lowest BCUT2D eigenvalue weighted by Gasteiger charge is -2.09. The van der Waals surface area contributed by atoms with Crippen LogP contribution in [0.4, 0.5) is 5.82 Å². The Kier molecular flexibility index (Phi) is 4.97. The van der Waals surface area contributed by atoms with E-state index in [1.165, 1.54) is 0 Å². The van der Waals surface area contributed by atoms with Crippen molar-refractivity contribution < 1.29 is 13.5 Å². The molecule has 0 fully saturated rings. The van der Waals surface area contributed by atoms with Gasteiger partial charge >= 0.3 is 0 Å². The Morgan fingerprint density at radius 1 is 1.29 bits per heavy atom. The topological polar surface area (TPSA) is 79.3 Å². The Balaban J connectivity index is 2.16. The number of hydrogen-bond acceptors (Lipinski definition) is 4. The largest absolute Gasteiger partial charge is 0.392 e. The summed E-state index contributed by atoms with van der Waals surface area (Å²) in [4.78, 5) is 4.02. The molecule has 2 N–H and O–H groups in total. The lowest BCUT2D eigenvalue weighted by molar-refractivity contribution is 0.282. The van der Waals surface area contributed by atoms with E-state index < -0.39 is 10.0 Å². The first-order valence-corrected chi connectivity index (χ1v) is 8.65. The number of nitrogens with one attached hydrogen (secondary N) is 1. The number of aliphatic hydroxyl groups excluding tert-OH is 1. The zero-order chi connectivity index (χ0) is 15.5. The average molecular weight is 371 g/mol. The second-order valence-corrected chi connectivity index (χ2v) is 7.23. The van der Waals surface area contributed by atoms with Gasteiger partial charge in [0, 0.05) is 10.7 Å². The molecule has 0 atom stereocenters. The molecule has 0 saturated heterocycles. The average Bonchev–Trinajstić information content (AvgIpc) is 2.42. The number of pyridine rings is 1. The quantitative estimate of drug-likeness (QED) is 0.847. The van der Waals surface area contributed by atoms with Crippen LogP contribution in [0.15, 0.2) is 41.0 Å². The van der Waals surface area contributed by atoms with Gasteiger partial charge in [0.25, 0.3) is 0 Å². The van der Waals surface area contributed by atoms with Crippen molar-refractivity contribution >= 4 is 31.8 Å². The minimum absolute atomic E-state index is 0.116. The van der Waals surface area contributed by atoms with Crippen LogP contribution in [0.2, 0.25) is 0 Å². The van der Waals surface area contributed by atoms with Gasteiger partial charge in [-0.15, -0.1) is 0 Å². The summed E-state index contributed by atoms with van der Waals surface area (Å²) >= 11 is 3.32. The number of sulfonamides is 1. The van der Waals surface area contributed by atoms with Crippen LogP contribution in [0.1, 0.15) is 16.7 Å². The SMILES string of the molecule is Cc1cc(NS(=O)(=O)Cc2cccc(CO)c2)ncc1Br. The zero-order valence-electron chi connectivity index (χ0n) is 11.4. The summed E-state index contributed by atoms with van der Waals surface area (Å²) in [5, 5.41) is 9.07. The van der Waals surface area contributed by atoms with Crippen molar-refractivity contribution in [1.29, 1.82) is 0 Å². The van der Waals surface area contributed by atoms with Gasteiger partial charge in [-0.2, -0.15) is 0 Å². The molecule has 5 nitrogen and oxygen atoms in total. The van der Waals surface area contributed by atoms with Crippen molar-refractivity contribution in [2.24, 2.45) is 0 Å². The van der Waals surface area contributed by atoms with E-state index in [0.717, 1.165) is 10.0 Å². The molecule has 0 aliphatic rings. The van der Waals surface area contributed by atoms with Crippen molar-refractivity contribution in [3.8, 4) is 0 Å². The van der Waals surface area contributed by atoms with Gasteiger partial charge in [-0.1, -0.05) is 24.3 Å². The van der Waals surface area contributed by atoms with E-state index in [9.17, 15) is 8.42 Å². The van der Waals surface area contributed by atoms with Crippen LogP contribution in [0.5, 0.6) is 0 Å². The van der Waals surface area contributed by atoms with E-state index >= 15 is 0 Å². The molecule has 0 radical (unpaired) electrons. The Morgan fingerprint density at radius 3 is 2.67 bits per heavy atom. The summed E-state index contributed by atoms with van der Waals surface area (Å²) in [5.41, 5.74) is 2.19. The van der Waals surface area contributed by atoms with E-state index in [2.05, 4.69) is 25.6 Å². The Labute approximate surface area is 132 Å². The summed E-state index contributed by atoms with van der Waals surface area (Å²) < 4.78 is 27.6.